The Morgan fingerprint density at radius 2 is 1.79 bits per heavy atom. The Labute approximate surface area is 166 Å². The summed E-state index contributed by atoms with van der Waals surface area (Å²) in [6.45, 7) is 2.42. The van der Waals surface area contributed by atoms with E-state index in [4.69, 9.17) is 16.6 Å². The fourth-order valence-electron chi connectivity index (χ4n) is 2.41. The van der Waals surface area contributed by atoms with Gasteiger partial charge in [-0.05, 0) is 43.3 Å². The van der Waals surface area contributed by atoms with E-state index in [-0.39, 0.29) is 6.61 Å². The Kier molecular flexibility index (Phi) is 10.3. The molecule has 1 aromatic carbocycles. The van der Waals surface area contributed by atoms with Gasteiger partial charge in [-0.15, -0.1) is 0 Å². The molecule has 28 heavy (non-hydrogen) atoms. The molecular weight excluding hydrogens is 356 g/mol. The van der Waals surface area contributed by atoms with Crippen molar-refractivity contribution in [1.82, 2.24) is 15.0 Å². The highest BCUT2D eigenvalue weighted by atomic mass is 16.3. The average Bonchev–Trinajstić information content (AvgIpc) is 3.26. The van der Waals surface area contributed by atoms with Crippen molar-refractivity contribution >= 4 is 10.9 Å². The minimum atomic E-state index is 0.281. The lowest BCUT2D eigenvalue weighted by molar-refractivity contribution is -0.870. The van der Waals surface area contributed by atoms with Gasteiger partial charge in [-0.3, -0.25) is 0 Å². The maximum atomic E-state index is 9.30. The number of aromatic amines is 2. The number of hydrogen-bond donors (Lipinski definition) is 6. The van der Waals surface area contributed by atoms with Gasteiger partial charge < -0.3 is 36.1 Å². The molecule has 156 valence electrons. The number of rotatable bonds is 6. The van der Waals surface area contributed by atoms with Crippen LogP contribution in [0.4, 0.5) is 0 Å². The fraction of sp³-hybridized carbons (Fsp3) is 0.450. The molecule has 0 amide bonds. The summed E-state index contributed by atoms with van der Waals surface area (Å²) in [5, 5.41) is 18.7. The van der Waals surface area contributed by atoms with Crippen LogP contribution >= 0.6 is 0 Å². The van der Waals surface area contributed by atoms with Crippen LogP contribution in [-0.2, 0) is 12.8 Å². The first-order valence-electron chi connectivity index (χ1n) is 9.38. The number of fused-ring (bicyclic) bond motifs is 1. The van der Waals surface area contributed by atoms with Gasteiger partial charge in [0.15, 0.2) is 0 Å². The number of benzene rings is 1. The second-order valence-corrected chi connectivity index (χ2v) is 7.44. The summed E-state index contributed by atoms with van der Waals surface area (Å²) in [7, 11) is 6.16. The molecule has 8 heteroatoms. The van der Waals surface area contributed by atoms with E-state index < -0.39 is 0 Å². The Morgan fingerprint density at radius 1 is 1.07 bits per heavy atom. The number of phenols is 1. The number of aliphatic hydroxyl groups excluding tert-OH is 1. The number of quaternary nitrogens is 1. The van der Waals surface area contributed by atoms with Gasteiger partial charge in [-0.1, -0.05) is 0 Å². The van der Waals surface area contributed by atoms with Crippen molar-refractivity contribution in [3.63, 3.8) is 0 Å². The highest BCUT2D eigenvalue weighted by Crippen LogP contribution is 2.22. The molecule has 2 aromatic heterocycles. The van der Waals surface area contributed by atoms with Crippen LogP contribution in [0.3, 0.4) is 0 Å². The van der Waals surface area contributed by atoms with E-state index in [0.717, 1.165) is 46.0 Å². The maximum Gasteiger partial charge on any atom is 0.116 e. The van der Waals surface area contributed by atoms with Gasteiger partial charge >= 0.3 is 0 Å². The van der Waals surface area contributed by atoms with Gasteiger partial charge in [-0.25, -0.2) is 4.98 Å². The zero-order valence-corrected chi connectivity index (χ0v) is 17.2. The summed E-state index contributed by atoms with van der Waals surface area (Å²) < 4.78 is 0.844. The SMILES string of the molecule is C[N+](C)(C)CCO.NCCc1c[nH]c2ccc(O)cc12.NCCc1cnc[nH]1. The van der Waals surface area contributed by atoms with Crippen LogP contribution in [0, 0.1) is 0 Å². The molecular formula is C20H35N6O2+. The van der Waals surface area contributed by atoms with Crippen molar-refractivity contribution in [3.8, 4) is 5.75 Å². The van der Waals surface area contributed by atoms with Crippen LogP contribution in [0.25, 0.3) is 10.9 Å². The van der Waals surface area contributed by atoms with Crippen molar-refractivity contribution < 1.29 is 14.7 Å². The number of imidazole rings is 1. The molecule has 0 radical (unpaired) electrons. The van der Waals surface area contributed by atoms with Crippen LogP contribution in [0.2, 0.25) is 0 Å². The molecule has 0 unspecified atom stereocenters. The predicted molar refractivity (Wildman–Crippen MR) is 114 cm³/mol. The number of nitrogens with zero attached hydrogens (tertiary/aromatic N) is 2. The molecule has 0 aliphatic carbocycles. The van der Waals surface area contributed by atoms with E-state index in [1.165, 1.54) is 0 Å². The summed E-state index contributed by atoms with van der Waals surface area (Å²) in [6, 6.07) is 5.30. The third kappa shape index (κ3) is 9.01. The van der Waals surface area contributed by atoms with E-state index in [0.29, 0.717) is 18.8 Å². The largest absolute Gasteiger partial charge is 0.508 e. The highest BCUT2D eigenvalue weighted by Gasteiger charge is 2.03. The molecule has 8 nitrogen and oxygen atoms in total. The summed E-state index contributed by atoms with van der Waals surface area (Å²) in [5.41, 5.74) is 14.1. The number of likely N-dealkylation sites (N-methyl/N-ethyl adjacent to an activating group) is 1. The lowest BCUT2D eigenvalue weighted by atomic mass is 10.1. The minimum Gasteiger partial charge on any atom is -0.508 e. The van der Waals surface area contributed by atoms with Crippen molar-refractivity contribution in [2.45, 2.75) is 12.8 Å². The highest BCUT2D eigenvalue weighted by molar-refractivity contribution is 5.84. The molecule has 3 aromatic rings. The number of nitrogens with one attached hydrogen (secondary N) is 2. The summed E-state index contributed by atoms with van der Waals surface area (Å²) in [5.74, 6) is 0.297. The zero-order valence-electron chi connectivity index (χ0n) is 17.2. The maximum absolute atomic E-state index is 9.30. The molecule has 0 aliphatic rings. The van der Waals surface area contributed by atoms with E-state index in [9.17, 15) is 5.11 Å². The smallest absolute Gasteiger partial charge is 0.116 e. The summed E-state index contributed by atoms with van der Waals surface area (Å²) >= 11 is 0. The lowest BCUT2D eigenvalue weighted by Gasteiger charge is -2.21. The zero-order chi connectivity index (χ0) is 21.0. The number of aromatic nitrogens is 3. The fourth-order valence-corrected chi connectivity index (χ4v) is 2.41. The van der Waals surface area contributed by atoms with Gasteiger partial charge in [0, 0.05) is 35.4 Å². The first kappa shape index (κ1) is 23.6. The normalized spacial score (nSPS) is 10.8. The third-order valence-electron chi connectivity index (χ3n) is 3.90. The van der Waals surface area contributed by atoms with Gasteiger partial charge in [0.1, 0.15) is 12.3 Å². The van der Waals surface area contributed by atoms with E-state index in [1.54, 1.807) is 24.7 Å². The van der Waals surface area contributed by atoms with E-state index in [2.05, 4.69) is 36.1 Å². The van der Waals surface area contributed by atoms with Gasteiger partial charge in [-0.2, -0.15) is 0 Å². The predicted octanol–water partition coefficient (Wildman–Crippen LogP) is 0.971. The standard InChI is InChI=1S/C10H12N2O.C5H9N3.C5H14NO/c11-4-3-7-6-12-10-2-1-8(13)5-9(7)10;6-2-1-5-3-7-4-8-5;1-6(2,3)4-5-7/h1-2,5-6,12-13H,3-4,11H2;3-4H,1-2,6H2,(H,7,8);7H,4-5H2,1-3H3/q;;+1. The van der Waals surface area contributed by atoms with Gasteiger partial charge in [0.05, 0.1) is 34.1 Å². The molecule has 0 spiro atoms. The van der Waals surface area contributed by atoms with Gasteiger partial charge in [0.2, 0.25) is 0 Å². The summed E-state index contributed by atoms with van der Waals surface area (Å²) in [4.78, 5) is 9.91. The Bertz CT molecular complexity index is 778. The number of aliphatic hydroxyl groups is 1. The summed E-state index contributed by atoms with van der Waals surface area (Å²) in [6.07, 6.45) is 7.11. The lowest BCUT2D eigenvalue weighted by Crippen LogP contribution is -2.36. The quantitative estimate of drug-likeness (QED) is 0.348. The average molecular weight is 392 g/mol. The Hall–Kier alpha value is -2.39. The Morgan fingerprint density at radius 3 is 2.29 bits per heavy atom. The molecule has 2 heterocycles. The molecule has 0 saturated heterocycles. The monoisotopic (exact) mass is 391 g/mol. The van der Waals surface area contributed by atoms with E-state index in [1.807, 2.05) is 12.3 Å². The van der Waals surface area contributed by atoms with Gasteiger partial charge in [0.25, 0.3) is 0 Å². The second-order valence-electron chi connectivity index (χ2n) is 7.44. The molecule has 0 saturated carbocycles. The molecule has 0 bridgehead atoms. The minimum absolute atomic E-state index is 0.281. The number of nitrogens with two attached hydrogens (primary N) is 2. The molecule has 0 atom stereocenters. The van der Waals surface area contributed by atoms with Crippen molar-refractivity contribution in [3.05, 3.63) is 48.2 Å². The van der Waals surface area contributed by atoms with Crippen LogP contribution in [0.15, 0.2) is 36.9 Å². The Balaban J connectivity index is 0.000000227. The number of H-pyrrole nitrogens is 2. The molecule has 0 aliphatic heterocycles. The first-order valence-corrected chi connectivity index (χ1v) is 9.38. The number of hydrogen-bond acceptors (Lipinski definition) is 5. The molecule has 0 fully saturated rings. The molecule has 3 rings (SSSR count). The number of phenolic OH excluding ortho intramolecular Hbond substituents is 1. The van der Waals surface area contributed by atoms with Crippen LogP contribution in [0.5, 0.6) is 5.75 Å². The second kappa shape index (κ2) is 12.1. The van der Waals surface area contributed by atoms with Crippen LogP contribution in [0.1, 0.15) is 11.3 Å². The molecule has 8 N–H and O–H groups in total. The number of aromatic hydroxyl groups is 1. The van der Waals surface area contributed by atoms with Crippen molar-refractivity contribution in [2.24, 2.45) is 11.5 Å². The van der Waals surface area contributed by atoms with Crippen molar-refractivity contribution in [1.29, 1.82) is 0 Å². The van der Waals surface area contributed by atoms with Crippen LogP contribution < -0.4 is 11.5 Å². The third-order valence-corrected chi connectivity index (χ3v) is 3.90. The first-order chi connectivity index (χ1) is 13.3. The van der Waals surface area contributed by atoms with Crippen molar-refractivity contribution in [2.75, 3.05) is 47.4 Å². The van der Waals surface area contributed by atoms with Crippen LogP contribution in [-0.4, -0.2) is 77.0 Å². The van der Waals surface area contributed by atoms with E-state index >= 15 is 0 Å². The topological polar surface area (TPSA) is 137 Å².